The summed E-state index contributed by atoms with van der Waals surface area (Å²) in [5.74, 6) is -1.57. The predicted octanol–water partition coefficient (Wildman–Crippen LogP) is 4.32. The van der Waals surface area contributed by atoms with Gasteiger partial charge in [-0.1, -0.05) is 11.6 Å². The van der Waals surface area contributed by atoms with Crippen LogP contribution in [-0.2, 0) is 9.84 Å². The molecule has 2 aliphatic carbocycles. The maximum absolute atomic E-state index is 13.8. The summed E-state index contributed by atoms with van der Waals surface area (Å²) in [7, 11) is -3.83. The molecule has 2 unspecified atom stereocenters. The van der Waals surface area contributed by atoms with Gasteiger partial charge in [0.05, 0.1) is 26.3 Å². The van der Waals surface area contributed by atoms with Crippen molar-refractivity contribution in [3.63, 3.8) is 0 Å². The number of hydrogen-bond acceptors (Lipinski definition) is 5. The number of nitrogens with zero attached hydrogens (tertiary/aromatic N) is 1. The average molecular weight is 477 g/mol. The molecule has 2 saturated carbocycles. The van der Waals surface area contributed by atoms with Gasteiger partial charge in [0.2, 0.25) is 0 Å². The van der Waals surface area contributed by atoms with Crippen molar-refractivity contribution in [3.8, 4) is 6.07 Å². The summed E-state index contributed by atoms with van der Waals surface area (Å²) in [6.07, 6.45) is 2.29. The van der Waals surface area contributed by atoms with Crippen molar-refractivity contribution < 1.29 is 22.7 Å². The lowest BCUT2D eigenvalue weighted by Crippen LogP contribution is -2.45. The maximum atomic E-state index is 13.8. The van der Waals surface area contributed by atoms with Gasteiger partial charge in [-0.2, -0.15) is 5.26 Å². The molecule has 0 aromatic heterocycles. The first-order chi connectivity index (χ1) is 15.0. The summed E-state index contributed by atoms with van der Waals surface area (Å²) in [6.45, 7) is 1.78. The monoisotopic (exact) mass is 476 g/mol. The number of anilines is 1. The fraction of sp³-hybridized carbons (Fsp3) is 0.391. The molecule has 2 aromatic carbocycles. The van der Waals surface area contributed by atoms with Crippen molar-refractivity contribution >= 4 is 33.0 Å². The van der Waals surface area contributed by atoms with Crippen LogP contribution in [0.2, 0.25) is 5.02 Å². The molecule has 0 saturated heterocycles. The van der Waals surface area contributed by atoms with E-state index in [-0.39, 0.29) is 38.6 Å². The molecule has 168 valence electrons. The largest absolute Gasteiger partial charge is 0.390 e. The number of benzene rings is 2. The van der Waals surface area contributed by atoms with Crippen LogP contribution in [0.15, 0.2) is 41.3 Å². The molecule has 1 amide bonds. The van der Waals surface area contributed by atoms with E-state index in [0.717, 1.165) is 18.9 Å². The van der Waals surface area contributed by atoms with Gasteiger partial charge in [0.25, 0.3) is 5.91 Å². The van der Waals surface area contributed by atoms with Gasteiger partial charge >= 0.3 is 0 Å². The van der Waals surface area contributed by atoms with Gasteiger partial charge in [-0.25, -0.2) is 12.8 Å². The molecule has 4 rings (SSSR count). The number of aliphatic hydroxyl groups is 1. The zero-order valence-corrected chi connectivity index (χ0v) is 18.9. The second kappa shape index (κ2) is 8.14. The normalized spacial score (nSPS) is 27.0. The van der Waals surface area contributed by atoms with Crippen LogP contribution in [0.4, 0.5) is 10.1 Å². The van der Waals surface area contributed by atoms with Crippen molar-refractivity contribution in [2.45, 2.75) is 48.4 Å². The number of halogens is 2. The third kappa shape index (κ3) is 3.90. The number of sulfone groups is 1. The molecule has 2 bridgehead atoms. The van der Waals surface area contributed by atoms with Gasteiger partial charge in [-0.15, -0.1) is 0 Å². The molecular formula is C23H22ClFN2O4S. The van der Waals surface area contributed by atoms with Gasteiger partial charge in [0.1, 0.15) is 11.9 Å². The number of carbonyl (C=O) groups excluding carboxylic acids is 1. The second-order valence-electron chi connectivity index (χ2n) is 8.74. The molecule has 0 radical (unpaired) electrons. The molecule has 2 aromatic rings. The third-order valence-electron chi connectivity index (χ3n) is 6.90. The van der Waals surface area contributed by atoms with Crippen LogP contribution in [0.3, 0.4) is 0 Å². The smallest absolute Gasteiger partial charge is 0.255 e. The van der Waals surface area contributed by atoms with Crippen molar-refractivity contribution in [1.82, 2.24) is 0 Å². The van der Waals surface area contributed by atoms with E-state index in [9.17, 15) is 22.7 Å². The Kier molecular flexibility index (Phi) is 5.78. The summed E-state index contributed by atoms with van der Waals surface area (Å²) in [6, 6.07) is 9.34. The van der Waals surface area contributed by atoms with Crippen molar-refractivity contribution in [2.75, 3.05) is 5.32 Å². The van der Waals surface area contributed by atoms with E-state index < -0.39 is 32.4 Å². The Balaban J connectivity index is 1.59. The molecular weight excluding hydrogens is 455 g/mol. The summed E-state index contributed by atoms with van der Waals surface area (Å²) in [4.78, 5) is 12.6. The fourth-order valence-corrected chi connectivity index (χ4v) is 7.35. The number of fused-ring (bicyclic) bond motifs is 2. The molecule has 2 aliphatic rings. The number of rotatable bonds is 4. The first-order valence-electron chi connectivity index (χ1n) is 10.3. The van der Waals surface area contributed by atoms with Crippen LogP contribution < -0.4 is 5.32 Å². The molecule has 2 N–H and O–H groups in total. The van der Waals surface area contributed by atoms with Crippen molar-refractivity contribution in [2.24, 2.45) is 11.8 Å². The topological polar surface area (TPSA) is 107 Å². The fourth-order valence-electron chi connectivity index (χ4n) is 4.95. The first kappa shape index (κ1) is 22.7. The van der Waals surface area contributed by atoms with Crippen LogP contribution in [0.25, 0.3) is 0 Å². The minimum atomic E-state index is -3.83. The SMILES string of the molecule is C[C@]1(O)C2CCC1C[C@@H](S(=O)(=O)c1cc(C(=O)Nc3ccc(C#N)c(F)c3)ccc1Cl)C2. The Morgan fingerprint density at radius 3 is 2.47 bits per heavy atom. The van der Waals surface area contributed by atoms with E-state index in [1.807, 2.05) is 0 Å². The van der Waals surface area contributed by atoms with E-state index >= 15 is 0 Å². The minimum absolute atomic E-state index is 0.0237. The summed E-state index contributed by atoms with van der Waals surface area (Å²) in [5.41, 5.74) is -0.808. The highest BCUT2D eigenvalue weighted by molar-refractivity contribution is 7.92. The van der Waals surface area contributed by atoms with E-state index in [4.69, 9.17) is 16.9 Å². The van der Waals surface area contributed by atoms with Crippen molar-refractivity contribution in [3.05, 3.63) is 58.4 Å². The molecule has 0 aliphatic heterocycles. The van der Waals surface area contributed by atoms with Gasteiger partial charge in [0.15, 0.2) is 9.84 Å². The molecule has 32 heavy (non-hydrogen) atoms. The number of hydrogen-bond donors (Lipinski definition) is 2. The van der Waals surface area contributed by atoms with E-state index in [1.54, 1.807) is 13.0 Å². The Labute approximate surface area is 190 Å². The highest BCUT2D eigenvalue weighted by Crippen LogP contribution is 2.51. The predicted molar refractivity (Wildman–Crippen MR) is 118 cm³/mol. The quantitative estimate of drug-likeness (QED) is 0.683. The lowest BCUT2D eigenvalue weighted by atomic mass is 9.76. The summed E-state index contributed by atoms with van der Waals surface area (Å²) in [5, 5.41) is 21.3. The van der Waals surface area contributed by atoms with Gasteiger partial charge < -0.3 is 10.4 Å². The zero-order valence-electron chi connectivity index (χ0n) is 17.3. The van der Waals surface area contributed by atoms with Crippen LogP contribution in [0.1, 0.15) is 48.5 Å². The average Bonchev–Trinajstić information content (AvgIpc) is 2.91. The van der Waals surface area contributed by atoms with Crippen LogP contribution in [0.5, 0.6) is 0 Å². The van der Waals surface area contributed by atoms with Crippen molar-refractivity contribution in [1.29, 1.82) is 5.26 Å². The molecule has 2 atom stereocenters. The lowest BCUT2D eigenvalue weighted by Gasteiger charge is -2.40. The summed E-state index contributed by atoms with van der Waals surface area (Å²) >= 11 is 6.22. The van der Waals surface area contributed by atoms with E-state index in [1.165, 1.54) is 30.3 Å². The Morgan fingerprint density at radius 2 is 1.88 bits per heavy atom. The number of nitrogens with one attached hydrogen (secondary N) is 1. The molecule has 0 spiro atoms. The second-order valence-corrected chi connectivity index (χ2v) is 11.3. The lowest BCUT2D eigenvalue weighted by molar-refractivity contribution is -0.0413. The van der Waals surface area contributed by atoms with Crippen LogP contribution in [0, 0.1) is 29.0 Å². The highest BCUT2D eigenvalue weighted by Gasteiger charge is 2.53. The van der Waals surface area contributed by atoms with Crippen LogP contribution >= 0.6 is 11.6 Å². The molecule has 6 nitrogen and oxygen atoms in total. The number of amides is 1. The Bertz CT molecular complexity index is 1220. The third-order valence-corrected chi connectivity index (χ3v) is 9.55. The highest BCUT2D eigenvalue weighted by atomic mass is 35.5. The Morgan fingerprint density at radius 1 is 1.22 bits per heavy atom. The van der Waals surface area contributed by atoms with Gasteiger partial charge in [0, 0.05) is 11.3 Å². The standard InChI is InChI=1S/C23H22ClFN2O4S/c1-23(29)15-4-5-16(23)10-18(9-15)32(30,31)21-8-13(3-7-19(21)24)22(28)27-17-6-2-14(12-26)20(25)11-17/h2-3,6-8,11,15-16,18,29H,4-5,9-10H2,1H3,(H,27,28)/t15?,16?,18-,23-. The minimum Gasteiger partial charge on any atom is -0.390 e. The van der Waals surface area contributed by atoms with E-state index in [2.05, 4.69) is 5.32 Å². The maximum Gasteiger partial charge on any atom is 0.255 e. The Hall–Kier alpha value is -2.47. The number of carbonyl (C=O) groups is 1. The van der Waals surface area contributed by atoms with Gasteiger partial charge in [-0.3, -0.25) is 4.79 Å². The van der Waals surface area contributed by atoms with E-state index in [0.29, 0.717) is 12.8 Å². The molecule has 0 heterocycles. The number of nitriles is 1. The van der Waals surface area contributed by atoms with Gasteiger partial charge in [-0.05, 0) is 80.8 Å². The first-order valence-corrected chi connectivity index (χ1v) is 12.2. The summed E-state index contributed by atoms with van der Waals surface area (Å²) < 4.78 is 40.6. The molecule has 2 fully saturated rings. The molecule has 9 heteroatoms. The zero-order chi connectivity index (χ0) is 23.3. The van der Waals surface area contributed by atoms with Crippen LogP contribution in [-0.4, -0.2) is 30.3 Å².